The Morgan fingerprint density at radius 2 is 2.29 bits per heavy atom. The van der Waals surface area contributed by atoms with E-state index < -0.39 is 10.0 Å². The van der Waals surface area contributed by atoms with E-state index in [9.17, 15) is 8.42 Å². The van der Waals surface area contributed by atoms with Crippen molar-refractivity contribution < 1.29 is 12.9 Å². The van der Waals surface area contributed by atoms with Crippen molar-refractivity contribution in [3.8, 4) is 0 Å². The van der Waals surface area contributed by atoms with E-state index in [0.717, 1.165) is 12.1 Å². The highest BCUT2D eigenvalue weighted by atomic mass is 32.2. The lowest BCUT2D eigenvalue weighted by atomic mass is 10.2. The first kappa shape index (κ1) is 14.0. The molecule has 0 bridgehead atoms. The Kier molecular flexibility index (Phi) is 3.42. The number of aromatic nitrogens is 2. The van der Waals surface area contributed by atoms with Crippen molar-refractivity contribution in [1.29, 1.82) is 0 Å². The van der Waals surface area contributed by atoms with Crippen molar-refractivity contribution in [2.24, 2.45) is 0 Å². The predicted octanol–water partition coefficient (Wildman–Crippen LogP) is 1.49. The van der Waals surface area contributed by atoms with Gasteiger partial charge in [-0.3, -0.25) is 0 Å². The molecule has 1 saturated heterocycles. The number of hydrogen-bond acceptors (Lipinski definition) is 6. The second-order valence-corrected chi connectivity index (χ2v) is 6.89. The number of hydrogen-bond donors (Lipinski definition) is 1. The van der Waals surface area contributed by atoms with E-state index in [-0.39, 0.29) is 16.8 Å². The third kappa shape index (κ3) is 2.40. The number of nitrogen functional groups attached to an aromatic ring is 1. The predicted molar refractivity (Wildman–Crippen MR) is 75.8 cm³/mol. The molecule has 0 amide bonds. The number of anilines is 1. The maximum absolute atomic E-state index is 12.8. The fourth-order valence-corrected chi connectivity index (χ4v) is 4.33. The second-order valence-electron chi connectivity index (χ2n) is 5.03. The summed E-state index contributed by atoms with van der Waals surface area (Å²) < 4.78 is 32.2. The van der Waals surface area contributed by atoms with Crippen molar-refractivity contribution in [3.63, 3.8) is 0 Å². The number of sulfonamides is 1. The standard InChI is InChI=1S/C13H16N4O3S/c1-9-8-11(20-16-9)10-4-3-7-17(10)21(18,19)12-5-2-6-15-13(12)14/h2,5-6,8,10H,3-4,7H2,1H3,(H2,14,15). The summed E-state index contributed by atoms with van der Waals surface area (Å²) in [5.41, 5.74) is 6.44. The molecule has 1 unspecified atom stereocenters. The van der Waals surface area contributed by atoms with Crippen LogP contribution in [0.4, 0.5) is 5.82 Å². The molecule has 3 rings (SSSR count). The van der Waals surface area contributed by atoms with Crippen LogP contribution < -0.4 is 5.73 Å². The van der Waals surface area contributed by atoms with Crippen LogP contribution >= 0.6 is 0 Å². The van der Waals surface area contributed by atoms with Crippen LogP contribution in [-0.4, -0.2) is 29.4 Å². The van der Waals surface area contributed by atoms with Crippen LogP contribution in [0.2, 0.25) is 0 Å². The van der Waals surface area contributed by atoms with Crippen LogP contribution in [0.25, 0.3) is 0 Å². The van der Waals surface area contributed by atoms with Gasteiger partial charge in [0.2, 0.25) is 10.0 Å². The normalized spacial score (nSPS) is 20.0. The maximum Gasteiger partial charge on any atom is 0.247 e. The third-order valence-corrected chi connectivity index (χ3v) is 5.52. The van der Waals surface area contributed by atoms with Crippen LogP contribution in [0.15, 0.2) is 33.8 Å². The average Bonchev–Trinajstić information content (AvgIpc) is 3.07. The molecule has 0 radical (unpaired) electrons. The smallest absolute Gasteiger partial charge is 0.247 e. The first-order chi connectivity index (χ1) is 10.00. The van der Waals surface area contributed by atoms with Crippen molar-refractivity contribution in [3.05, 3.63) is 35.9 Å². The minimum atomic E-state index is -3.70. The van der Waals surface area contributed by atoms with Gasteiger partial charge in [-0.25, -0.2) is 13.4 Å². The number of nitrogens with zero attached hydrogens (tertiary/aromatic N) is 3. The van der Waals surface area contributed by atoms with Crippen molar-refractivity contribution >= 4 is 15.8 Å². The summed E-state index contributed by atoms with van der Waals surface area (Å²) in [6.07, 6.45) is 2.94. The highest BCUT2D eigenvalue weighted by Gasteiger charge is 2.39. The van der Waals surface area contributed by atoms with E-state index in [1.54, 1.807) is 19.1 Å². The van der Waals surface area contributed by atoms with E-state index in [0.29, 0.717) is 18.7 Å². The topological polar surface area (TPSA) is 102 Å². The van der Waals surface area contributed by atoms with Gasteiger partial charge >= 0.3 is 0 Å². The highest BCUT2D eigenvalue weighted by molar-refractivity contribution is 7.89. The first-order valence-corrected chi connectivity index (χ1v) is 8.09. The van der Waals surface area contributed by atoms with E-state index >= 15 is 0 Å². The van der Waals surface area contributed by atoms with Gasteiger partial charge in [0.25, 0.3) is 0 Å². The Morgan fingerprint density at radius 1 is 1.48 bits per heavy atom. The molecule has 112 valence electrons. The molecule has 1 aliphatic heterocycles. The minimum Gasteiger partial charge on any atom is -0.383 e. The van der Waals surface area contributed by atoms with Gasteiger partial charge in [0.15, 0.2) is 5.76 Å². The molecule has 8 heteroatoms. The zero-order valence-corrected chi connectivity index (χ0v) is 12.4. The van der Waals surface area contributed by atoms with Crippen molar-refractivity contribution in [1.82, 2.24) is 14.4 Å². The van der Waals surface area contributed by atoms with Gasteiger partial charge in [-0.15, -0.1) is 0 Å². The summed E-state index contributed by atoms with van der Waals surface area (Å²) in [4.78, 5) is 3.89. The fraction of sp³-hybridized carbons (Fsp3) is 0.385. The summed E-state index contributed by atoms with van der Waals surface area (Å²) in [7, 11) is -3.70. The lowest BCUT2D eigenvalue weighted by molar-refractivity contribution is 0.297. The molecule has 2 aromatic rings. The Labute approximate surface area is 122 Å². The SMILES string of the molecule is Cc1cc(C2CCCN2S(=O)(=O)c2cccnc2N)on1. The van der Waals surface area contributed by atoms with Gasteiger partial charge in [-0.2, -0.15) is 4.31 Å². The zero-order valence-electron chi connectivity index (χ0n) is 11.6. The van der Waals surface area contributed by atoms with Crippen LogP contribution in [-0.2, 0) is 10.0 Å². The lowest BCUT2D eigenvalue weighted by Gasteiger charge is -2.22. The van der Waals surface area contributed by atoms with Crippen LogP contribution in [0, 0.1) is 6.92 Å². The van der Waals surface area contributed by atoms with Gasteiger partial charge in [0, 0.05) is 18.8 Å². The Balaban J connectivity index is 2.00. The summed E-state index contributed by atoms with van der Waals surface area (Å²) in [6.45, 7) is 2.24. The Hall–Kier alpha value is -1.93. The Morgan fingerprint density at radius 3 is 2.95 bits per heavy atom. The van der Waals surface area contributed by atoms with Crippen LogP contribution in [0.5, 0.6) is 0 Å². The molecule has 2 aromatic heterocycles. The number of nitrogens with two attached hydrogens (primary N) is 1. The van der Waals surface area contributed by atoms with Crippen molar-refractivity contribution in [2.75, 3.05) is 12.3 Å². The average molecular weight is 308 g/mol. The van der Waals surface area contributed by atoms with Gasteiger partial charge in [0.1, 0.15) is 10.7 Å². The Bertz CT molecular complexity index is 756. The zero-order chi connectivity index (χ0) is 15.0. The van der Waals surface area contributed by atoms with E-state index in [1.165, 1.54) is 16.6 Å². The quantitative estimate of drug-likeness (QED) is 0.921. The van der Waals surface area contributed by atoms with Gasteiger partial charge in [-0.1, -0.05) is 5.16 Å². The molecule has 1 aliphatic rings. The van der Waals surface area contributed by atoms with E-state index in [4.69, 9.17) is 10.3 Å². The molecule has 1 atom stereocenters. The molecule has 7 nitrogen and oxygen atoms in total. The second kappa shape index (κ2) is 5.12. The lowest BCUT2D eigenvalue weighted by Crippen LogP contribution is -2.31. The first-order valence-electron chi connectivity index (χ1n) is 6.65. The summed E-state index contributed by atoms with van der Waals surface area (Å²) in [5.74, 6) is 0.577. The summed E-state index contributed by atoms with van der Waals surface area (Å²) in [6, 6.07) is 4.47. The molecule has 0 saturated carbocycles. The van der Waals surface area contributed by atoms with Crippen molar-refractivity contribution in [2.45, 2.75) is 30.7 Å². The largest absolute Gasteiger partial charge is 0.383 e. The molecule has 0 aliphatic carbocycles. The molecule has 2 N–H and O–H groups in total. The molecular weight excluding hydrogens is 292 g/mol. The van der Waals surface area contributed by atoms with Gasteiger partial charge in [0.05, 0.1) is 11.7 Å². The highest BCUT2D eigenvalue weighted by Crippen LogP contribution is 2.37. The maximum atomic E-state index is 12.8. The van der Waals surface area contributed by atoms with E-state index in [1.807, 2.05) is 0 Å². The number of rotatable bonds is 3. The monoisotopic (exact) mass is 308 g/mol. The molecule has 3 heterocycles. The molecule has 21 heavy (non-hydrogen) atoms. The van der Waals surface area contributed by atoms with Gasteiger partial charge < -0.3 is 10.3 Å². The summed E-state index contributed by atoms with van der Waals surface area (Å²) in [5, 5.41) is 3.83. The third-order valence-electron chi connectivity index (χ3n) is 3.56. The van der Waals surface area contributed by atoms with Gasteiger partial charge in [-0.05, 0) is 31.9 Å². The molecule has 1 fully saturated rings. The molecule has 0 spiro atoms. The number of pyridine rings is 1. The minimum absolute atomic E-state index is 0.0110. The molecule has 0 aromatic carbocycles. The van der Waals surface area contributed by atoms with E-state index in [2.05, 4.69) is 10.1 Å². The fourth-order valence-electron chi connectivity index (χ4n) is 2.60. The van der Waals surface area contributed by atoms with Crippen LogP contribution in [0.1, 0.15) is 30.3 Å². The number of aryl methyl sites for hydroxylation is 1. The molecular formula is C13H16N4O3S. The van der Waals surface area contributed by atoms with Crippen LogP contribution in [0.3, 0.4) is 0 Å². The summed E-state index contributed by atoms with van der Waals surface area (Å²) >= 11 is 0.